The first-order valence-corrected chi connectivity index (χ1v) is 8.36. The van der Waals surface area contributed by atoms with E-state index in [9.17, 15) is 28.5 Å². The van der Waals surface area contributed by atoms with Crippen molar-refractivity contribution < 1.29 is 32.8 Å². The fourth-order valence-electron chi connectivity index (χ4n) is 2.89. The number of nitro groups is 1. The maximum atomic E-state index is 13.4. The molecule has 1 heterocycles. The van der Waals surface area contributed by atoms with Crippen LogP contribution < -0.4 is 15.4 Å². The van der Waals surface area contributed by atoms with E-state index in [-0.39, 0.29) is 29.2 Å². The highest BCUT2D eigenvalue weighted by atomic mass is 19.2. The van der Waals surface area contributed by atoms with Crippen LogP contribution in [0.25, 0.3) is 0 Å². The lowest BCUT2D eigenvalue weighted by Gasteiger charge is -2.27. The number of fused-ring (bicyclic) bond motifs is 1. The number of carbonyl (C=O) groups is 2. The monoisotopic (exact) mass is 407 g/mol. The molecule has 2 N–H and O–H groups in total. The molecule has 0 aliphatic carbocycles. The molecule has 0 bridgehead atoms. The van der Waals surface area contributed by atoms with Gasteiger partial charge in [0.1, 0.15) is 5.75 Å². The number of halogens is 2. The summed E-state index contributed by atoms with van der Waals surface area (Å²) < 4.78 is 36.5. The Labute approximate surface area is 162 Å². The lowest BCUT2D eigenvalue weighted by Crippen LogP contribution is -2.32. The summed E-state index contributed by atoms with van der Waals surface area (Å²) in [5, 5.41) is 16.2. The first-order chi connectivity index (χ1) is 13.8. The molecule has 0 spiro atoms. The number of alkyl carbamates (subject to hydrolysis) is 1. The standard InChI is InChI=1S/C18H15F2N3O6/c1-28-18(25)22-15-4-5-29-16-11(15)7-10(23(26)27)8-12(16)17(24)21-9-2-3-13(19)14(20)6-9/h2-3,6-8,15H,4-5H2,1H3,(H,21,24)(H,22,25)/t15-/m0/s1. The molecule has 0 saturated carbocycles. The normalized spacial score (nSPS) is 14.9. The van der Waals surface area contributed by atoms with E-state index < -0.39 is 40.3 Å². The number of methoxy groups -OCH3 is 1. The van der Waals surface area contributed by atoms with Crippen LogP contribution in [0, 0.1) is 21.7 Å². The fraction of sp³-hybridized carbons (Fsp3) is 0.222. The summed E-state index contributed by atoms with van der Waals surface area (Å²) in [7, 11) is 1.17. The van der Waals surface area contributed by atoms with Crippen LogP contribution >= 0.6 is 0 Å². The van der Waals surface area contributed by atoms with Crippen molar-refractivity contribution in [2.45, 2.75) is 12.5 Å². The predicted octanol–water partition coefficient (Wildman–Crippen LogP) is 3.30. The van der Waals surface area contributed by atoms with Crippen LogP contribution in [0.3, 0.4) is 0 Å². The maximum Gasteiger partial charge on any atom is 0.407 e. The van der Waals surface area contributed by atoms with Crippen molar-refractivity contribution in [3.63, 3.8) is 0 Å². The molecule has 11 heteroatoms. The quantitative estimate of drug-likeness (QED) is 0.593. The molecule has 1 aliphatic rings. The van der Waals surface area contributed by atoms with E-state index in [1.807, 2.05) is 0 Å². The zero-order chi connectivity index (χ0) is 21.1. The molecule has 2 aromatic carbocycles. The van der Waals surface area contributed by atoms with Gasteiger partial charge in [0.25, 0.3) is 11.6 Å². The largest absolute Gasteiger partial charge is 0.492 e. The third-order valence-corrected chi connectivity index (χ3v) is 4.24. The molecule has 0 radical (unpaired) electrons. The Balaban J connectivity index is 2.01. The Morgan fingerprint density at radius 1 is 1.24 bits per heavy atom. The first-order valence-electron chi connectivity index (χ1n) is 8.36. The Kier molecular flexibility index (Phi) is 5.57. The average Bonchev–Trinajstić information content (AvgIpc) is 2.70. The highest BCUT2D eigenvalue weighted by Crippen LogP contribution is 2.38. The summed E-state index contributed by atoms with van der Waals surface area (Å²) in [6, 6.07) is 4.28. The number of ether oxygens (including phenoxy) is 2. The second-order valence-electron chi connectivity index (χ2n) is 6.08. The zero-order valence-electron chi connectivity index (χ0n) is 15.0. The van der Waals surface area contributed by atoms with Gasteiger partial charge in [0.15, 0.2) is 11.6 Å². The van der Waals surface area contributed by atoms with Gasteiger partial charge >= 0.3 is 6.09 Å². The number of hydrogen-bond donors (Lipinski definition) is 2. The molecule has 0 fully saturated rings. The SMILES string of the molecule is COC(=O)N[C@H]1CCOc2c(C(=O)Nc3ccc(F)c(F)c3)cc([N+](=O)[O-])cc21. The number of rotatable bonds is 4. The second kappa shape index (κ2) is 8.09. The van der Waals surface area contributed by atoms with E-state index in [1.54, 1.807) is 0 Å². The van der Waals surface area contributed by atoms with E-state index in [0.717, 1.165) is 24.3 Å². The number of amides is 2. The number of non-ortho nitro benzene ring substituents is 1. The Bertz CT molecular complexity index is 998. The molecule has 152 valence electrons. The highest BCUT2D eigenvalue weighted by Gasteiger charge is 2.31. The van der Waals surface area contributed by atoms with E-state index in [2.05, 4.69) is 15.4 Å². The third kappa shape index (κ3) is 4.23. The number of nitrogens with zero attached hydrogens (tertiary/aromatic N) is 1. The van der Waals surface area contributed by atoms with E-state index in [1.165, 1.54) is 13.2 Å². The van der Waals surface area contributed by atoms with Gasteiger partial charge in [-0.3, -0.25) is 14.9 Å². The van der Waals surface area contributed by atoms with Gasteiger partial charge in [-0.25, -0.2) is 13.6 Å². The number of hydrogen-bond acceptors (Lipinski definition) is 6. The summed E-state index contributed by atoms with van der Waals surface area (Å²) in [5.41, 5.74) is -0.405. The minimum absolute atomic E-state index is 0.0448. The number of anilines is 1. The minimum atomic E-state index is -1.16. The number of carbonyl (C=O) groups excluding carboxylic acids is 2. The van der Waals surface area contributed by atoms with Gasteiger partial charge < -0.3 is 20.1 Å². The van der Waals surface area contributed by atoms with Crippen LogP contribution in [-0.4, -0.2) is 30.6 Å². The molecule has 0 aromatic heterocycles. The van der Waals surface area contributed by atoms with Crippen molar-refractivity contribution in [3.8, 4) is 5.75 Å². The highest BCUT2D eigenvalue weighted by molar-refractivity contribution is 6.07. The van der Waals surface area contributed by atoms with Gasteiger partial charge in [0.05, 0.1) is 30.2 Å². The Morgan fingerprint density at radius 2 is 2.00 bits per heavy atom. The van der Waals surface area contributed by atoms with Crippen LogP contribution in [0.4, 0.5) is 25.0 Å². The van der Waals surface area contributed by atoms with Gasteiger partial charge in [-0.15, -0.1) is 0 Å². The van der Waals surface area contributed by atoms with Crippen LogP contribution in [0.1, 0.15) is 28.4 Å². The van der Waals surface area contributed by atoms with Gasteiger partial charge in [-0.05, 0) is 12.1 Å². The number of benzene rings is 2. The molecule has 1 atom stereocenters. The zero-order valence-corrected chi connectivity index (χ0v) is 15.0. The summed E-state index contributed by atoms with van der Waals surface area (Å²) >= 11 is 0. The number of nitro benzene ring substituents is 1. The fourth-order valence-corrected chi connectivity index (χ4v) is 2.89. The van der Waals surface area contributed by atoms with Gasteiger partial charge in [-0.2, -0.15) is 0 Å². The van der Waals surface area contributed by atoms with Gasteiger partial charge in [0.2, 0.25) is 0 Å². The van der Waals surface area contributed by atoms with Crippen molar-refractivity contribution in [1.29, 1.82) is 0 Å². The molecular formula is C18H15F2N3O6. The van der Waals surface area contributed by atoms with E-state index in [0.29, 0.717) is 6.42 Å². The van der Waals surface area contributed by atoms with Crippen molar-refractivity contribution >= 4 is 23.4 Å². The van der Waals surface area contributed by atoms with Gasteiger partial charge in [0, 0.05) is 35.9 Å². The molecule has 2 amide bonds. The molecule has 2 aromatic rings. The molecular weight excluding hydrogens is 392 g/mol. The first kappa shape index (κ1) is 20.0. The molecule has 9 nitrogen and oxygen atoms in total. The van der Waals surface area contributed by atoms with Crippen molar-refractivity contribution in [2.75, 3.05) is 19.0 Å². The second-order valence-corrected chi connectivity index (χ2v) is 6.08. The van der Waals surface area contributed by atoms with Crippen molar-refractivity contribution in [2.24, 2.45) is 0 Å². The molecule has 1 aliphatic heterocycles. The van der Waals surface area contributed by atoms with Crippen LogP contribution in [-0.2, 0) is 4.74 Å². The van der Waals surface area contributed by atoms with E-state index >= 15 is 0 Å². The summed E-state index contributed by atoms with van der Waals surface area (Å²) in [5.74, 6) is -3.03. The summed E-state index contributed by atoms with van der Waals surface area (Å²) in [4.78, 5) is 34.9. The molecule has 29 heavy (non-hydrogen) atoms. The van der Waals surface area contributed by atoms with Crippen LogP contribution in [0.5, 0.6) is 5.75 Å². The lowest BCUT2D eigenvalue weighted by atomic mass is 9.96. The topological polar surface area (TPSA) is 120 Å². The summed E-state index contributed by atoms with van der Waals surface area (Å²) in [6.45, 7) is 0.130. The predicted molar refractivity (Wildman–Crippen MR) is 95.8 cm³/mol. The van der Waals surface area contributed by atoms with Crippen molar-refractivity contribution in [3.05, 3.63) is 63.2 Å². The molecule has 0 saturated heterocycles. The van der Waals surface area contributed by atoms with Crippen molar-refractivity contribution in [1.82, 2.24) is 5.32 Å². The Hall–Kier alpha value is -3.76. The minimum Gasteiger partial charge on any atom is -0.492 e. The van der Waals surface area contributed by atoms with Gasteiger partial charge in [-0.1, -0.05) is 0 Å². The maximum absolute atomic E-state index is 13.4. The van der Waals surface area contributed by atoms with Crippen LogP contribution in [0.15, 0.2) is 30.3 Å². The molecule has 0 unspecified atom stereocenters. The van der Waals surface area contributed by atoms with Crippen LogP contribution in [0.2, 0.25) is 0 Å². The molecule has 3 rings (SSSR count). The average molecular weight is 407 g/mol. The number of nitrogens with one attached hydrogen (secondary N) is 2. The Morgan fingerprint density at radius 3 is 2.66 bits per heavy atom. The smallest absolute Gasteiger partial charge is 0.407 e. The third-order valence-electron chi connectivity index (χ3n) is 4.24. The lowest BCUT2D eigenvalue weighted by molar-refractivity contribution is -0.385. The summed E-state index contributed by atoms with van der Waals surface area (Å²) in [6.07, 6.45) is -0.449. The van der Waals surface area contributed by atoms with E-state index in [4.69, 9.17) is 4.74 Å².